The molecule has 1 aromatic rings. The first kappa shape index (κ1) is 16.1. The number of hydrogen-bond donors (Lipinski definition) is 3. The normalized spacial score (nSPS) is 32.2. The Bertz CT molecular complexity index is 708. The van der Waals surface area contributed by atoms with Gasteiger partial charge in [-0.25, -0.2) is 0 Å². The third-order valence-corrected chi connectivity index (χ3v) is 6.06. The minimum absolute atomic E-state index is 0.193. The number of hydrogen-bond acceptors (Lipinski definition) is 3. The van der Waals surface area contributed by atoms with Gasteiger partial charge in [0.2, 0.25) is 0 Å². The third-order valence-electron chi connectivity index (χ3n) is 6.06. The molecule has 0 unspecified atom stereocenters. The van der Waals surface area contributed by atoms with Crippen LogP contribution in [0.2, 0.25) is 0 Å². The van der Waals surface area contributed by atoms with Gasteiger partial charge in [0, 0.05) is 5.54 Å². The molecule has 0 aliphatic heterocycles. The summed E-state index contributed by atoms with van der Waals surface area (Å²) in [6, 6.07) is 6.43. The molecule has 132 valence electrons. The molecular formula is C19H23N3O3. The van der Waals surface area contributed by atoms with Crippen LogP contribution >= 0.6 is 0 Å². The Morgan fingerprint density at radius 3 is 2.04 bits per heavy atom. The minimum atomic E-state index is -0.746. The van der Waals surface area contributed by atoms with Crippen LogP contribution in [0, 0.1) is 17.8 Å². The molecule has 4 bridgehead atoms. The summed E-state index contributed by atoms with van der Waals surface area (Å²) in [5.74, 6) is 0.0451. The fourth-order valence-electron chi connectivity index (χ4n) is 5.55. The lowest BCUT2D eigenvalue weighted by atomic mass is 9.53. The summed E-state index contributed by atoms with van der Waals surface area (Å²) in [6.45, 7) is 0. The Labute approximate surface area is 146 Å². The Kier molecular flexibility index (Phi) is 3.78. The van der Waals surface area contributed by atoms with Crippen molar-refractivity contribution < 1.29 is 14.4 Å². The predicted molar refractivity (Wildman–Crippen MR) is 92.6 cm³/mol. The van der Waals surface area contributed by atoms with E-state index in [0.29, 0.717) is 17.8 Å². The van der Waals surface area contributed by atoms with Crippen molar-refractivity contribution in [3.8, 4) is 0 Å². The van der Waals surface area contributed by atoms with Crippen LogP contribution in [0.1, 0.15) is 48.9 Å². The fraction of sp³-hybridized carbons (Fsp3) is 0.526. The average Bonchev–Trinajstić information content (AvgIpc) is 2.53. The Hall–Kier alpha value is -2.37. The van der Waals surface area contributed by atoms with Crippen molar-refractivity contribution in [2.75, 3.05) is 5.32 Å². The molecule has 0 spiro atoms. The molecule has 6 nitrogen and oxygen atoms in total. The predicted octanol–water partition coefficient (Wildman–Crippen LogP) is 1.81. The second-order valence-corrected chi connectivity index (χ2v) is 8.02. The summed E-state index contributed by atoms with van der Waals surface area (Å²) in [4.78, 5) is 36.3. The van der Waals surface area contributed by atoms with E-state index in [1.165, 1.54) is 25.3 Å². The number of amides is 3. The molecule has 3 amide bonds. The van der Waals surface area contributed by atoms with Gasteiger partial charge in [0.05, 0.1) is 11.3 Å². The van der Waals surface area contributed by atoms with Gasteiger partial charge in [0.15, 0.2) is 0 Å². The van der Waals surface area contributed by atoms with Crippen molar-refractivity contribution in [3.63, 3.8) is 0 Å². The third kappa shape index (κ3) is 3.01. The van der Waals surface area contributed by atoms with E-state index in [9.17, 15) is 14.4 Å². The number of anilines is 1. The monoisotopic (exact) mass is 341 g/mol. The molecule has 4 fully saturated rings. The van der Waals surface area contributed by atoms with E-state index in [2.05, 4.69) is 10.6 Å². The summed E-state index contributed by atoms with van der Waals surface area (Å²) < 4.78 is 0. The van der Waals surface area contributed by atoms with Crippen molar-refractivity contribution in [2.24, 2.45) is 23.5 Å². The molecule has 0 radical (unpaired) electrons. The van der Waals surface area contributed by atoms with Crippen molar-refractivity contribution in [3.05, 3.63) is 29.8 Å². The number of nitrogens with one attached hydrogen (secondary N) is 2. The van der Waals surface area contributed by atoms with Crippen LogP contribution in [0.15, 0.2) is 24.3 Å². The van der Waals surface area contributed by atoms with Gasteiger partial charge in [0.1, 0.15) is 0 Å². The van der Waals surface area contributed by atoms with E-state index in [1.807, 2.05) is 0 Å². The molecule has 0 heterocycles. The standard InChI is InChI=1S/C19H23N3O3/c20-16(23)14-3-1-2-4-15(14)21-17(24)18(25)22-19-8-11-5-12(9-19)7-13(6-11)10-19/h1-4,11-13H,5-10H2,(H2,20,23)(H,21,24)(H,22,25). The highest BCUT2D eigenvalue weighted by molar-refractivity contribution is 6.40. The number of para-hydroxylation sites is 1. The Morgan fingerprint density at radius 1 is 0.920 bits per heavy atom. The van der Waals surface area contributed by atoms with Crippen molar-refractivity contribution in [1.29, 1.82) is 0 Å². The van der Waals surface area contributed by atoms with Gasteiger partial charge >= 0.3 is 11.8 Å². The van der Waals surface area contributed by atoms with Gasteiger partial charge < -0.3 is 16.4 Å². The molecular weight excluding hydrogens is 318 g/mol. The van der Waals surface area contributed by atoms with E-state index in [-0.39, 0.29) is 16.8 Å². The summed E-state index contributed by atoms with van der Waals surface area (Å²) in [5.41, 5.74) is 5.55. The lowest BCUT2D eigenvalue weighted by molar-refractivity contribution is -0.139. The maximum Gasteiger partial charge on any atom is 0.313 e. The first-order chi connectivity index (χ1) is 11.9. The number of carbonyl (C=O) groups is 3. The molecule has 1 aromatic carbocycles. The van der Waals surface area contributed by atoms with Crippen molar-refractivity contribution >= 4 is 23.4 Å². The highest BCUT2D eigenvalue weighted by Gasteiger charge is 2.51. The molecule has 25 heavy (non-hydrogen) atoms. The quantitative estimate of drug-likeness (QED) is 0.731. The van der Waals surface area contributed by atoms with Crippen LogP contribution in [-0.4, -0.2) is 23.3 Å². The zero-order valence-electron chi connectivity index (χ0n) is 14.1. The van der Waals surface area contributed by atoms with Crippen LogP contribution < -0.4 is 16.4 Å². The molecule has 4 aliphatic carbocycles. The summed E-state index contributed by atoms with van der Waals surface area (Å²) in [7, 11) is 0. The van der Waals surface area contributed by atoms with Crippen molar-refractivity contribution in [1.82, 2.24) is 5.32 Å². The topological polar surface area (TPSA) is 101 Å². The zero-order valence-corrected chi connectivity index (χ0v) is 14.1. The van der Waals surface area contributed by atoms with Gasteiger partial charge in [-0.1, -0.05) is 12.1 Å². The van der Waals surface area contributed by atoms with Gasteiger partial charge in [-0.05, 0) is 68.4 Å². The number of nitrogens with two attached hydrogens (primary N) is 1. The van der Waals surface area contributed by atoms with E-state index in [0.717, 1.165) is 19.3 Å². The van der Waals surface area contributed by atoms with Crippen LogP contribution in [0.25, 0.3) is 0 Å². The fourth-order valence-corrected chi connectivity index (χ4v) is 5.55. The number of carbonyl (C=O) groups excluding carboxylic acids is 3. The SMILES string of the molecule is NC(=O)c1ccccc1NC(=O)C(=O)NC12CC3CC(CC(C3)C1)C2. The maximum atomic E-state index is 12.5. The molecule has 5 rings (SSSR count). The Morgan fingerprint density at radius 2 is 1.48 bits per heavy atom. The van der Waals surface area contributed by atoms with Crippen LogP contribution in [0.4, 0.5) is 5.69 Å². The van der Waals surface area contributed by atoms with Crippen LogP contribution in [0.3, 0.4) is 0 Å². The van der Waals surface area contributed by atoms with E-state index >= 15 is 0 Å². The second kappa shape index (κ2) is 5.86. The lowest BCUT2D eigenvalue weighted by Crippen LogP contribution is -2.61. The second-order valence-electron chi connectivity index (χ2n) is 8.02. The molecule has 0 aromatic heterocycles. The summed E-state index contributed by atoms with van der Waals surface area (Å²) >= 11 is 0. The molecule has 0 saturated heterocycles. The number of benzene rings is 1. The smallest absolute Gasteiger partial charge is 0.313 e. The van der Waals surface area contributed by atoms with E-state index < -0.39 is 17.7 Å². The zero-order chi connectivity index (χ0) is 17.6. The molecule has 4 N–H and O–H groups in total. The highest BCUT2D eigenvalue weighted by atomic mass is 16.2. The molecule has 0 atom stereocenters. The number of rotatable bonds is 3. The first-order valence-electron chi connectivity index (χ1n) is 8.96. The minimum Gasteiger partial charge on any atom is -0.366 e. The maximum absolute atomic E-state index is 12.5. The van der Waals surface area contributed by atoms with Gasteiger partial charge in [-0.15, -0.1) is 0 Å². The molecule has 6 heteroatoms. The summed E-state index contributed by atoms with van der Waals surface area (Å²) in [5, 5.41) is 5.55. The first-order valence-corrected chi connectivity index (χ1v) is 8.96. The lowest BCUT2D eigenvalue weighted by Gasteiger charge is -2.56. The average molecular weight is 341 g/mol. The summed E-state index contributed by atoms with van der Waals surface area (Å²) in [6.07, 6.45) is 6.76. The van der Waals surface area contributed by atoms with E-state index in [4.69, 9.17) is 5.73 Å². The van der Waals surface area contributed by atoms with E-state index in [1.54, 1.807) is 18.2 Å². The largest absolute Gasteiger partial charge is 0.366 e. The van der Waals surface area contributed by atoms with Crippen LogP contribution in [0.5, 0.6) is 0 Å². The van der Waals surface area contributed by atoms with Crippen LogP contribution in [-0.2, 0) is 9.59 Å². The Balaban J connectivity index is 1.45. The number of primary amides is 1. The van der Waals surface area contributed by atoms with Crippen molar-refractivity contribution in [2.45, 2.75) is 44.1 Å². The molecule has 4 aliphatic rings. The molecule has 4 saturated carbocycles. The highest BCUT2D eigenvalue weighted by Crippen LogP contribution is 2.55. The van der Waals surface area contributed by atoms with Gasteiger partial charge in [-0.2, -0.15) is 0 Å². The van der Waals surface area contributed by atoms with Gasteiger partial charge in [-0.3, -0.25) is 14.4 Å². The van der Waals surface area contributed by atoms with Gasteiger partial charge in [0.25, 0.3) is 5.91 Å².